The maximum atomic E-state index is 4.13. The Kier molecular flexibility index (Phi) is 2.41. The number of fused-ring (bicyclic) bond motifs is 1. The SMILES string of the molecule is [CH2]c1cc(-c2ccccc2)cc2ccccc12. The number of rotatable bonds is 1. The van der Waals surface area contributed by atoms with E-state index in [4.69, 9.17) is 0 Å². The maximum Gasteiger partial charge on any atom is -0.0151 e. The number of hydrogen-bond donors (Lipinski definition) is 0. The smallest absolute Gasteiger partial charge is 0.0151 e. The van der Waals surface area contributed by atoms with E-state index < -0.39 is 0 Å². The molecule has 0 bridgehead atoms. The summed E-state index contributed by atoms with van der Waals surface area (Å²) in [5, 5.41) is 2.48. The van der Waals surface area contributed by atoms with E-state index in [1.165, 1.54) is 21.9 Å². The minimum atomic E-state index is 1.09. The Morgan fingerprint density at radius 1 is 0.647 bits per heavy atom. The molecule has 0 heterocycles. The van der Waals surface area contributed by atoms with Crippen molar-refractivity contribution in [1.29, 1.82) is 0 Å². The normalized spacial score (nSPS) is 10.6. The van der Waals surface area contributed by atoms with Gasteiger partial charge < -0.3 is 0 Å². The average molecular weight is 217 g/mol. The van der Waals surface area contributed by atoms with Crippen LogP contribution >= 0.6 is 0 Å². The van der Waals surface area contributed by atoms with Crippen molar-refractivity contribution in [2.24, 2.45) is 0 Å². The molecule has 0 nitrogen and oxygen atoms in total. The Hall–Kier alpha value is -2.08. The van der Waals surface area contributed by atoms with Crippen molar-refractivity contribution in [3.05, 3.63) is 79.2 Å². The molecule has 0 atom stereocenters. The van der Waals surface area contributed by atoms with Gasteiger partial charge in [0.15, 0.2) is 0 Å². The van der Waals surface area contributed by atoms with Gasteiger partial charge in [0.25, 0.3) is 0 Å². The molecule has 0 fully saturated rings. The Labute approximate surface area is 102 Å². The largest absolute Gasteiger partial charge is 0.0622 e. The summed E-state index contributed by atoms with van der Waals surface area (Å²) in [6.45, 7) is 4.13. The van der Waals surface area contributed by atoms with E-state index in [9.17, 15) is 0 Å². The van der Waals surface area contributed by atoms with Crippen LogP contribution in [0.1, 0.15) is 5.56 Å². The van der Waals surface area contributed by atoms with Crippen LogP contribution < -0.4 is 0 Å². The van der Waals surface area contributed by atoms with Gasteiger partial charge in [0, 0.05) is 0 Å². The van der Waals surface area contributed by atoms with Crippen molar-refractivity contribution in [1.82, 2.24) is 0 Å². The van der Waals surface area contributed by atoms with Gasteiger partial charge in [-0.05, 0) is 40.5 Å². The van der Waals surface area contributed by atoms with Crippen molar-refractivity contribution in [2.45, 2.75) is 0 Å². The summed E-state index contributed by atoms with van der Waals surface area (Å²) in [6.07, 6.45) is 0. The Bertz CT molecular complexity index is 651. The zero-order valence-electron chi connectivity index (χ0n) is 9.56. The fourth-order valence-electron chi connectivity index (χ4n) is 2.19. The predicted octanol–water partition coefficient (Wildman–Crippen LogP) is 4.69. The Morgan fingerprint density at radius 2 is 1.35 bits per heavy atom. The van der Waals surface area contributed by atoms with Crippen LogP contribution in [-0.4, -0.2) is 0 Å². The van der Waals surface area contributed by atoms with E-state index in [1.54, 1.807) is 0 Å². The van der Waals surface area contributed by atoms with Crippen LogP contribution in [0, 0.1) is 6.92 Å². The molecule has 17 heavy (non-hydrogen) atoms. The Balaban J connectivity index is 2.26. The highest BCUT2D eigenvalue weighted by Gasteiger charge is 2.01. The zero-order valence-corrected chi connectivity index (χ0v) is 9.56. The van der Waals surface area contributed by atoms with E-state index in [2.05, 4.69) is 67.6 Å². The fourth-order valence-corrected chi connectivity index (χ4v) is 2.19. The first-order chi connectivity index (χ1) is 8.34. The molecule has 3 aromatic carbocycles. The van der Waals surface area contributed by atoms with Crippen LogP contribution in [0.5, 0.6) is 0 Å². The maximum absolute atomic E-state index is 4.13. The molecule has 0 aliphatic carbocycles. The average Bonchev–Trinajstić information content (AvgIpc) is 2.40. The summed E-state index contributed by atoms with van der Waals surface area (Å²) in [7, 11) is 0. The van der Waals surface area contributed by atoms with Crippen LogP contribution in [0.3, 0.4) is 0 Å². The molecule has 0 saturated carbocycles. The number of hydrogen-bond acceptors (Lipinski definition) is 0. The van der Waals surface area contributed by atoms with E-state index in [1.807, 2.05) is 6.07 Å². The highest BCUT2D eigenvalue weighted by Crippen LogP contribution is 2.27. The molecule has 0 amide bonds. The predicted molar refractivity (Wildman–Crippen MR) is 73.8 cm³/mol. The van der Waals surface area contributed by atoms with Crippen LogP contribution in [0.4, 0.5) is 0 Å². The second-order valence-electron chi connectivity index (χ2n) is 4.22. The first kappa shape index (κ1) is 10.1. The zero-order chi connectivity index (χ0) is 11.7. The molecule has 0 aliphatic heterocycles. The molecule has 3 aromatic rings. The first-order valence-corrected chi connectivity index (χ1v) is 5.75. The van der Waals surface area contributed by atoms with Gasteiger partial charge in [0.05, 0.1) is 0 Å². The van der Waals surface area contributed by atoms with Gasteiger partial charge in [-0.25, -0.2) is 0 Å². The van der Waals surface area contributed by atoms with Crippen molar-refractivity contribution in [3.8, 4) is 11.1 Å². The monoisotopic (exact) mass is 217 g/mol. The van der Waals surface area contributed by atoms with Crippen LogP contribution in [0.25, 0.3) is 21.9 Å². The van der Waals surface area contributed by atoms with Crippen molar-refractivity contribution < 1.29 is 0 Å². The summed E-state index contributed by atoms with van der Waals surface area (Å²) >= 11 is 0. The molecule has 0 heteroatoms. The minimum Gasteiger partial charge on any atom is -0.0622 e. The number of benzene rings is 3. The van der Waals surface area contributed by atoms with E-state index in [-0.39, 0.29) is 0 Å². The van der Waals surface area contributed by atoms with Crippen molar-refractivity contribution in [2.75, 3.05) is 0 Å². The lowest BCUT2D eigenvalue weighted by atomic mass is 9.98. The van der Waals surface area contributed by atoms with Gasteiger partial charge in [-0.3, -0.25) is 0 Å². The van der Waals surface area contributed by atoms with Gasteiger partial charge in [-0.1, -0.05) is 60.7 Å². The molecule has 81 valence electrons. The van der Waals surface area contributed by atoms with Crippen molar-refractivity contribution in [3.63, 3.8) is 0 Å². The van der Waals surface area contributed by atoms with Gasteiger partial charge in [0.2, 0.25) is 0 Å². The summed E-state index contributed by atoms with van der Waals surface area (Å²) in [4.78, 5) is 0. The third kappa shape index (κ3) is 1.83. The second kappa shape index (κ2) is 4.06. The highest BCUT2D eigenvalue weighted by atomic mass is 14.1. The molecule has 0 saturated heterocycles. The van der Waals surface area contributed by atoms with E-state index >= 15 is 0 Å². The quantitative estimate of drug-likeness (QED) is 0.554. The van der Waals surface area contributed by atoms with Gasteiger partial charge in [-0.2, -0.15) is 0 Å². The summed E-state index contributed by atoms with van der Waals surface area (Å²) in [5.41, 5.74) is 3.56. The molecular formula is C17H13. The van der Waals surface area contributed by atoms with Gasteiger partial charge >= 0.3 is 0 Å². The highest BCUT2D eigenvalue weighted by molar-refractivity contribution is 5.90. The minimum absolute atomic E-state index is 1.09. The molecule has 0 unspecified atom stereocenters. The summed E-state index contributed by atoms with van der Waals surface area (Å²) < 4.78 is 0. The molecule has 3 rings (SSSR count). The molecule has 0 aromatic heterocycles. The fraction of sp³-hybridized carbons (Fsp3) is 0. The third-order valence-electron chi connectivity index (χ3n) is 3.05. The standard InChI is InChI=1S/C17H13/c1-13-11-16(14-7-3-2-4-8-14)12-15-9-5-6-10-17(13)15/h2-12H,1H2. The summed E-state index contributed by atoms with van der Waals surface area (Å²) in [6, 6.07) is 23.2. The van der Waals surface area contributed by atoms with Crippen LogP contribution in [0.15, 0.2) is 66.7 Å². The Morgan fingerprint density at radius 3 is 2.18 bits per heavy atom. The molecule has 0 aliphatic rings. The van der Waals surface area contributed by atoms with Crippen LogP contribution in [-0.2, 0) is 0 Å². The molecule has 1 radical (unpaired) electrons. The van der Waals surface area contributed by atoms with Gasteiger partial charge in [0.1, 0.15) is 0 Å². The van der Waals surface area contributed by atoms with Crippen molar-refractivity contribution >= 4 is 10.8 Å². The first-order valence-electron chi connectivity index (χ1n) is 5.75. The molecular weight excluding hydrogens is 204 g/mol. The third-order valence-corrected chi connectivity index (χ3v) is 3.05. The second-order valence-corrected chi connectivity index (χ2v) is 4.22. The summed E-state index contributed by atoms with van der Waals surface area (Å²) in [5.74, 6) is 0. The van der Waals surface area contributed by atoms with E-state index in [0.717, 1.165) is 5.56 Å². The van der Waals surface area contributed by atoms with Gasteiger partial charge in [-0.15, -0.1) is 0 Å². The topological polar surface area (TPSA) is 0 Å². The van der Waals surface area contributed by atoms with Crippen LogP contribution in [0.2, 0.25) is 0 Å². The molecule has 0 N–H and O–H groups in total. The lowest BCUT2D eigenvalue weighted by molar-refractivity contribution is 1.61. The van der Waals surface area contributed by atoms with E-state index in [0.29, 0.717) is 0 Å². The lowest BCUT2D eigenvalue weighted by Crippen LogP contribution is -1.82. The lowest BCUT2D eigenvalue weighted by Gasteiger charge is -2.07. The molecule has 0 spiro atoms.